The molecule has 1 heteroatoms. The average molecular weight is 243 g/mol. The predicted octanol–water partition coefficient (Wildman–Crippen LogP) is 3.81. The van der Waals surface area contributed by atoms with Crippen molar-refractivity contribution in [2.75, 3.05) is 13.1 Å². The van der Waals surface area contributed by atoms with Gasteiger partial charge in [-0.25, -0.2) is 0 Å². The quantitative estimate of drug-likeness (QED) is 0.677. The Morgan fingerprint density at radius 1 is 0.944 bits per heavy atom. The number of rotatable bonds is 1. The minimum absolute atomic E-state index is 0.851. The lowest BCUT2D eigenvalue weighted by Gasteiger charge is -2.48. The Morgan fingerprint density at radius 2 is 1.78 bits per heavy atom. The molecule has 1 heterocycles. The Hall–Kier alpha value is -0.460. The highest BCUT2D eigenvalue weighted by atomic mass is 15.1. The summed E-state index contributed by atoms with van der Waals surface area (Å²) in [6.07, 6.45) is 14.9. The number of fused-ring (bicyclic) bond motifs is 2. The van der Waals surface area contributed by atoms with Crippen molar-refractivity contribution in [1.82, 2.24) is 4.90 Å². The molecule has 4 fully saturated rings. The Labute approximate surface area is 111 Å². The van der Waals surface area contributed by atoms with Gasteiger partial charge in [0.2, 0.25) is 0 Å². The second kappa shape index (κ2) is 3.35. The van der Waals surface area contributed by atoms with Gasteiger partial charge in [-0.3, -0.25) is 0 Å². The first-order chi connectivity index (χ1) is 8.85. The van der Waals surface area contributed by atoms with E-state index in [9.17, 15) is 0 Å². The van der Waals surface area contributed by atoms with E-state index in [1.807, 2.05) is 5.70 Å². The zero-order chi connectivity index (χ0) is 11.7. The van der Waals surface area contributed by atoms with E-state index in [-0.39, 0.29) is 0 Å². The van der Waals surface area contributed by atoms with E-state index in [2.05, 4.69) is 11.0 Å². The topological polar surface area (TPSA) is 3.24 Å². The number of piperidine rings is 1. The summed E-state index contributed by atoms with van der Waals surface area (Å²) < 4.78 is 0. The molecule has 1 aliphatic heterocycles. The van der Waals surface area contributed by atoms with Gasteiger partial charge in [0, 0.05) is 18.8 Å². The molecule has 0 radical (unpaired) electrons. The van der Waals surface area contributed by atoms with Gasteiger partial charge in [-0.15, -0.1) is 0 Å². The second-order valence-corrected chi connectivity index (χ2v) is 7.84. The van der Waals surface area contributed by atoms with Crippen LogP contribution in [0.5, 0.6) is 0 Å². The largest absolute Gasteiger partial charge is 0.375 e. The molecule has 5 aliphatic rings. The van der Waals surface area contributed by atoms with Gasteiger partial charge in [-0.1, -0.05) is 6.08 Å². The fourth-order valence-corrected chi connectivity index (χ4v) is 6.47. The van der Waals surface area contributed by atoms with Gasteiger partial charge in [0.1, 0.15) is 0 Å². The van der Waals surface area contributed by atoms with E-state index in [0.717, 1.165) is 29.1 Å². The molecule has 0 aromatic carbocycles. The van der Waals surface area contributed by atoms with E-state index in [1.165, 1.54) is 32.4 Å². The van der Waals surface area contributed by atoms with E-state index >= 15 is 0 Å². The zero-order valence-corrected chi connectivity index (χ0v) is 11.4. The van der Waals surface area contributed by atoms with Crippen LogP contribution in [0.15, 0.2) is 11.8 Å². The summed E-state index contributed by atoms with van der Waals surface area (Å²) in [4.78, 5) is 2.78. The van der Waals surface area contributed by atoms with Gasteiger partial charge in [0.25, 0.3) is 0 Å². The standard InChI is InChI=1S/C17H25N/c1-2-4-18(5-3-1)16-7-12-6-14-9-15-8-13(16)11-17(14,15)10-12/h7,12-15H,1-6,8-11H2. The van der Waals surface area contributed by atoms with Crippen molar-refractivity contribution >= 4 is 0 Å². The summed E-state index contributed by atoms with van der Waals surface area (Å²) in [5.74, 6) is 4.19. The maximum absolute atomic E-state index is 2.78. The van der Waals surface area contributed by atoms with Crippen LogP contribution >= 0.6 is 0 Å². The molecule has 5 unspecified atom stereocenters. The van der Waals surface area contributed by atoms with Crippen molar-refractivity contribution in [2.45, 2.75) is 51.4 Å². The first-order valence-electron chi connectivity index (χ1n) is 8.32. The van der Waals surface area contributed by atoms with Crippen LogP contribution in [0.25, 0.3) is 0 Å². The second-order valence-electron chi connectivity index (χ2n) is 7.84. The maximum Gasteiger partial charge on any atom is 0.0175 e. The highest BCUT2D eigenvalue weighted by molar-refractivity contribution is 5.25. The third-order valence-corrected chi connectivity index (χ3v) is 7.17. The third-order valence-electron chi connectivity index (χ3n) is 7.17. The lowest BCUT2D eigenvalue weighted by atomic mass is 9.56. The number of hydrogen-bond donors (Lipinski definition) is 0. The molecule has 18 heavy (non-hydrogen) atoms. The third kappa shape index (κ3) is 1.15. The van der Waals surface area contributed by atoms with Crippen LogP contribution in [0.1, 0.15) is 51.4 Å². The molecule has 5 rings (SSSR count). The summed E-state index contributed by atoms with van der Waals surface area (Å²) in [6.45, 7) is 2.71. The van der Waals surface area contributed by atoms with Crippen LogP contribution in [0.4, 0.5) is 0 Å². The molecular weight excluding hydrogens is 218 g/mol. The highest BCUT2D eigenvalue weighted by Crippen LogP contribution is 2.73. The molecule has 1 spiro atoms. The zero-order valence-electron chi connectivity index (χ0n) is 11.4. The molecule has 0 aromatic heterocycles. The Morgan fingerprint density at radius 3 is 2.67 bits per heavy atom. The normalized spacial score (nSPS) is 52.9. The summed E-state index contributed by atoms with van der Waals surface area (Å²) in [5.41, 5.74) is 2.66. The van der Waals surface area contributed by atoms with Crippen molar-refractivity contribution in [2.24, 2.45) is 29.1 Å². The molecule has 0 aromatic rings. The Balaban J connectivity index is 1.51. The molecule has 3 saturated carbocycles. The van der Waals surface area contributed by atoms with E-state index < -0.39 is 0 Å². The van der Waals surface area contributed by atoms with E-state index in [1.54, 1.807) is 32.1 Å². The molecule has 5 atom stereocenters. The van der Waals surface area contributed by atoms with Gasteiger partial charge in [0.05, 0.1) is 0 Å². The minimum atomic E-state index is 0.851. The molecule has 0 amide bonds. The number of nitrogens with zero attached hydrogens (tertiary/aromatic N) is 1. The smallest absolute Gasteiger partial charge is 0.0175 e. The number of allylic oxidation sites excluding steroid dienone is 2. The summed E-state index contributed by atoms with van der Waals surface area (Å²) in [6, 6.07) is 0. The SMILES string of the molecule is C1=C(N2CCCCC2)C2CC3CC4CC1CC43C2. The lowest BCUT2D eigenvalue weighted by Crippen LogP contribution is -2.41. The van der Waals surface area contributed by atoms with Crippen molar-refractivity contribution in [1.29, 1.82) is 0 Å². The van der Waals surface area contributed by atoms with Gasteiger partial charge in [-0.05, 0) is 80.5 Å². The van der Waals surface area contributed by atoms with Gasteiger partial charge in [0.15, 0.2) is 0 Å². The van der Waals surface area contributed by atoms with Crippen molar-refractivity contribution in [3.05, 3.63) is 11.8 Å². The Kier molecular flexibility index (Phi) is 1.92. The molecular formula is C17H25N. The first-order valence-corrected chi connectivity index (χ1v) is 8.32. The fourth-order valence-electron chi connectivity index (χ4n) is 6.47. The van der Waals surface area contributed by atoms with E-state index in [0.29, 0.717) is 0 Å². The predicted molar refractivity (Wildman–Crippen MR) is 73.0 cm³/mol. The molecule has 98 valence electrons. The minimum Gasteiger partial charge on any atom is -0.375 e. The van der Waals surface area contributed by atoms with Crippen molar-refractivity contribution < 1.29 is 0 Å². The first kappa shape index (κ1) is 10.3. The summed E-state index contributed by atoms with van der Waals surface area (Å²) >= 11 is 0. The average Bonchev–Trinajstić information content (AvgIpc) is 2.79. The van der Waals surface area contributed by atoms with Crippen LogP contribution in [0.3, 0.4) is 0 Å². The maximum atomic E-state index is 2.78. The summed E-state index contributed by atoms with van der Waals surface area (Å²) in [7, 11) is 0. The fraction of sp³-hybridized carbons (Fsp3) is 0.882. The molecule has 0 N–H and O–H groups in total. The van der Waals surface area contributed by atoms with Crippen molar-refractivity contribution in [3.8, 4) is 0 Å². The Bertz CT molecular complexity index is 406. The van der Waals surface area contributed by atoms with Crippen LogP contribution < -0.4 is 0 Å². The van der Waals surface area contributed by atoms with Crippen LogP contribution in [0.2, 0.25) is 0 Å². The van der Waals surface area contributed by atoms with Gasteiger partial charge < -0.3 is 4.90 Å². The summed E-state index contributed by atoms with van der Waals surface area (Å²) in [5, 5.41) is 0. The highest BCUT2D eigenvalue weighted by Gasteiger charge is 2.64. The lowest BCUT2D eigenvalue weighted by molar-refractivity contribution is 0.00282. The number of likely N-dealkylation sites (tertiary alicyclic amines) is 1. The molecule has 4 aliphatic carbocycles. The van der Waals surface area contributed by atoms with Gasteiger partial charge >= 0.3 is 0 Å². The molecule has 1 saturated heterocycles. The van der Waals surface area contributed by atoms with E-state index in [4.69, 9.17) is 0 Å². The van der Waals surface area contributed by atoms with Crippen LogP contribution in [0, 0.1) is 29.1 Å². The monoisotopic (exact) mass is 243 g/mol. The van der Waals surface area contributed by atoms with Crippen LogP contribution in [-0.2, 0) is 0 Å². The van der Waals surface area contributed by atoms with Crippen molar-refractivity contribution in [3.63, 3.8) is 0 Å². The molecule has 3 bridgehead atoms. The number of hydrogen-bond acceptors (Lipinski definition) is 1. The van der Waals surface area contributed by atoms with Crippen LogP contribution in [-0.4, -0.2) is 18.0 Å². The van der Waals surface area contributed by atoms with Gasteiger partial charge in [-0.2, -0.15) is 0 Å². The molecule has 1 nitrogen and oxygen atoms in total.